The zero-order chi connectivity index (χ0) is 16.4. The lowest BCUT2D eigenvalue weighted by Gasteiger charge is -2.24. The van der Waals surface area contributed by atoms with Gasteiger partial charge in [-0.25, -0.2) is 9.97 Å². The second-order valence-electron chi connectivity index (χ2n) is 5.89. The van der Waals surface area contributed by atoms with Crippen molar-refractivity contribution in [2.75, 3.05) is 18.0 Å². The third-order valence-corrected chi connectivity index (χ3v) is 3.78. The lowest BCUT2D eigenvalue weighted by Crippen LogP contribution is -2.26. The number of rotatable bonds is 5. The molecule has 23 heavy (non-hydrogen) atoms. The molecule has 4 heteroatoms. The van der Waals surface area contributed by atoms with Crippen LogP contribution in [0.3, 0.4) is 0 Å². The van der Waals surface area contributed by atoms with Crippen molar-refractivity contribution < 1.29 is 0 Å². The van der Waals surface area contributed by atoms with E-state index in [9.17, 15) is 0 Å². The van der Waals surface area contributed by atoms with Crippen LogP contribution < -0.4 is 4.90 Å². The average molecular weight is 306 g/mol. The number of hydrogen-bond acceptors (Lipinski definition) is 3. The Morgan fingerprint density at radius 2 is 1.96 bits per heavy atom. The van der Waals surface area contributed by atoms with Gasteiger partial charge in [0.15, 0.2) is 5.82 Å². The number of aromatic nitrogens is 3. The standard InChI is InChI=1S/C19H22N4/c1-5-23(12-13(2)3)19-18-17(20-14(4)21-19)11-16(22-18)15-9-7-6-8-10-15/h6-11H,2,5,12H2,1,3-4H3,(H,20,21). The highest BCUT2D eigenvalue weighted by molar-refractivity contribution is 5.78. The third kappa shape index (κ3) is 3.11. The van der Waals surface area contributed by atoms with Crippen molar-refractivity contribution in [2.24, 2.45) is 0 Å². The summed E-state index contributed by atoms with van der Waals surface area (Å²) in [6.07, 6.45) is 0. The number of anilines is 1. The molecule has 1 aromatic rings. The lowest BCUT2D eigenvalue weighted by atomic mass is 10.1. The fourth-order valence-electron chi connectivity index (χ4n) is 2.76. The molecule has 4 nitrogen and oxygen atoms in total. The van der Waals surface area contributed by atoms with Crippen molar-refractivity contribution in [2.45, 2.75) is 20.8 Å². The van der Waals surface area contributed by atoms with Crippen LogP contribution in [0.5, 0.6) is 0 Å². The fourth-order valence-corrected chi connectivity index (χ4v) is 2.76. The van der Waals surface area contributed by atoms with E-state index in [-0.39, 0.29) is 0 Å². The molecular formula is C19H22N4. The van der Waals surface area contributed by atoms with Crippen LogP contribution in [0.1, 0.15) is 19.7 Å². The highest BCUT2D eigenvalue weighted by atomic mass is 15.2. The van der Waals surface area contributed by atoms with E-state index in [4.69, 9.17) is 9.97 Å². The summed E-state index contributed by atoms with van der Waals surface area (Å²) in [6, 6.07) is 12.3. The minimum absolute atomic E-state index is 0.787. The summed E-state index contributed by atoms with van der Waals surface area (Å²) in [7, 11) is 0. The van der Waals surface area contributed by atoms with E-state index in [1.54, 1.807) is 0 Å². The van der Waals surface area contributed by atoms with Crippen molar-refractivity contribution in [3.8, 4) is 22.6 Å². The lowest BCUT2D eigenvalue weighted by molar-refractivity contribution is 0.845. The predicted octanol–water partition coefficient (Wildman–Crippen LogP) is 4.29. The summed E-state index contributed by atoms with van der Waals surface area (Å²) >= 11 is 0. The van der Waals surface area contributed by atoms with Crippen LogP contribution in [-0.4, -0.2) is 28.0 Å². The molecule has 0 aromatic heterocycles. The summed E-state index contributed by atoms with van der Waals surface area (Å²) in [6.45, 7) is 11.8. The molecule has 2 aliphatic rings. The molecule has 0 bridgehead atoms. The number of likely N-dealkylation sites (N-methyl/N-ethyl adjacent to an activating group) is 1. The number of nitrogens with zero attached hydrogens (tertiary/aromatic N) is 3. The van der Waals surface area contributed by atoms with E-state index in [1.807, 2.05) is 32.0 Å². The number of H-pyrrole nitrogens is 1. The molecule has 0 saturated heterocycles. The highest BCUT2D eigenvalue weighted by Crippen LogP contribution is 2.33. The maximum absolute atomic E-state index is 4.84. The molecule has 2 aliphatic heterocycles. The quantitative estimate of drug-likeness (QED) is 0.715. The summed E-state index contributed by atoms with van der Waals surface area (Å²) in [5, 5.41) is 0. The second kappa shape index (κ2) is 6.24. The normalized spacial score (nSPS) is 10.9. The van der Waals surface area contributed by atoms with Gasteiger partial charge in [0.25, 0.3) is 0 Å². The van der Waals surface area contributed by atoms with Crippen LogP contribution in [0, 0.1) is 6.92 Å². The molecule has 1 N–H and O–H groups in total. The van der Waals surface area contributed by atoms with Gasteiger partial charge in [0.05, 0.1) is 11.4 Å². The van der Waals surface area contributed by atoms with Crippen molar-refractivity contribution >= 4 is 5.82 Å². The van der Waals surface area contributed by atoms with Crippen LogP contribution in [0.2, 0.25) is 0 Å². The first-order chi connectivity index (χ1) is 11.1. The van der Waals surface area contributed by atoms with Gasteiger partial charge in [-0.1, -0.05) is 42.5 Å². The molecule has 0 aliphatic carbocycles. The minimum Gasteiger partial charge on any atom is -0.351 e. The van der Waals surface area contributed by atoms with E-state index in [0.29, 0.717) is 0 Å². The predicted molar refractivity (Wildman–Crippen MR) is 95.9 cm³/mol. The number of aryl methyl sites for hydroxylation is 1. The summed E-state index contributed by atoms with van der Waals surface area (Å²) < 4.78 is 0. The van der Waals surface area contributed by atoms with Gasteiger partial charge in [0, 0.05) is 18.7 Å². The van der Waals surface area contributed by atoms with Crippen molar-refractivity contribution in [1.29, 1.82) is 0 Å². The average Bonchev–Trinajstić information content (AvgIpc) is 2.96. The zero-order valence-electron chi connectivity index (χ0n) is 13.9. The van der Waals surface area contributed by atoms with Crippen molar-refractivity contribution in [1.82, 2.24) is 15.0 Å². The van der Waals surface area contributed by atoms with Gasteiger partial charge in [-0.15, -0.1) is 0 Å². The summed E-state index contributed by atoms with van der Waals surface area (Å²) in [4.78, 5) is 15.1. The van der Waals surface area contributed by atoms with Crippen LogP contribution in [0.4, 0.5) is 5.82 Å². The summed E-state index contributed by atoms with van der Waals surface area (Å²) in [5.41, 5.74) is 5.13. The van der Waals surface area contributed by atoms with Crippen LogP contribution in [0.25, 0.3) is 22.6 Å². The number of benzene rings is 1. The molecular weight excluding hydrogens is 284 g/mol. The Hall–Kier alpha value is -2.62. The SMILES string of the molecule is C=C(C)CN(CC)c1nc(C)[nH]c2cc(-c3ccccc3)nc1-2. The smallest absolute Gasteiger partial charge is 0.159 e. The largest absolute Gasteiger partial charge is 0.351 e. The van der Waals surface area contributed by atoms with Crippen LogP contribution in [0.15, 0.2) is 48.6 Å². The number of aromatic amines is 1. The maximum atomic E-state index is 4.84. The van der Waals surface area contributed by atoms with Crippen LogP contribution in [-0.2, 0) is 0 Å². The molecule has 0 atom stereocenters. The van der Waals surface area contributed by atoms with Gasteiger partial charge in [0.2, 0.25) is 0 Å². The Labute approximate surface area is 137 Å². The van der Waals surface area contributed by atoms with E-state index in [0.717, 1.165) is 53.0 Å². The first-order valence-corrected chi connectivity index (χ1v) is 7.90. The zero-order valence-corrected chi connectivity index (χ0v) is 13.9. The molecule has 0 spiro atoms. The molecule has 0 saturated carbocycles. The Balaban J connectivity index is 2.12. The summed E-state index contributed by atoms with van der Waals surface area (Å²) in [5.74, 6) is 1.81. The van der Waals surface area contributed by atoms with E-state index in [1.165, 1.54) is 0 Å². The van der Waals surface area contributed by atoms with Gasteiger partial charge in [0.1, 0.15) is 11.5 Å². The Bertz CT molecular complexity index is 789. The molecule has 0 fully saturated rings. The Kier molecular flexibility index (Phi) is 4.15. The van der Waals surface area contributed by atoms with Gasteiger partial charge >= 0.3 is 0 Å². The van der Waals surface area contributed by atoms with Gasteiger partial charge in [-0.2, -0.15) is 0 Å². The van der Waals surface area contributed by atoms with E-state index < -0.39 is 0 Å². The molecule has 3 rings (SSSR count). The molecule has 118 valence electrons. The minimum atomic E-state index is 0.787. The van der Waals surface area contributed by atoms with Crippen molar-refractivity contribution in [3.05, 3.63) is 54.4 Å². The molecule has 1 aromatic carbocycles. The molecule has 0 amide bonds. The van der Waals surface area contributed by atoms with Gasteiger partial charge in [-0.3, -0.25) is 0 Å². The van der Waals surface area contributed by atoms with Gasteiger partial charge < -0.3 is 9.88 Å². The Morgan fingerprint density at radius 3 is 2.61 bits per heavy atom. The second-order valence-corrected chi connectivity index (χ2v) is 5.89. The van der Waals surface area contributed by atoms with E-state index in [2.05, 4.69) is 41.6 Å². The van der Waals surface area contributed by atoms with Crippen LogP contribution >= 0.6 is 0 Å². The monoisotopic (exact) mass is 306 g/mol. The first-order valence-electron chi connectivity index (χ1n) is 7.90. The van der Waals surface area contributed by atoms with E-state index >= 15 is 0 Å². The first kappa shape index (κ1) is 15.3. The fraction of sp³-hybridized carbons (Fsp3) is 0.263. The molecule has 0 unspecified atom stereocenters. The maximum Gasteiger partial charge on any atom is 0.159 e. The highest BCUT2D eigenvalue weighted by Gasteiger charge is 2.20. The van der Waals surface area contributed by atoms with Crippen molar-refractivity contribution in [3.63, 3.8) is 0 Å². The van der Waals surface area contributed by atoms with Gasteiger partial charge in [-0.05, 0) is 26.8 Å². The number of hydrogen-bond donors (Lipinski definition) is 1. The molecule has 2 heterocycles. The topological polar surface area (TPSA) is 44.8 Å². The third-order valence-electron chi connectivity index (χ3n) is 3.78. The Morgan fingerprint density at radius 1 is 1.22 bits per heavy atom. The molecule has 0 radical (unpaired) electrons. The number of nitrogens with one attached hydrogen (secondary N) is 1. The number of fused-ring (bicyclic) bond motifs is 1.